The van der Waals surface area contributed by atoms with Crippen molar-refractivity contribution in [1.82, 2.24) is 10.2 Å². The van der Waals surface area contributed by atoms with Gasteiger partial charge in [0.25, 0.3) is 5.91 Å². The summed E-state index contributed by atoms with van der Waals surface area (Å²) in [5.41, 5.74) is 1.54. The molecule has 82 valence electrons. The Bertz CT molecular complexity index is 504. The van der Waals surface area contributed by atoms with E-state index in [4.69, 9.17) is 0 Å². The first-order valence-corrected chi connectivity index (χ1v) is 5.82. The first-order valence-electron chi connectivity index (χ1n) is 4.74. The number of hydrogen-bond acceptors (Lipinski definition) is 2. The lowest BCUT2D eigenvalue weighted by molar-refractivity contribution is 0.102. The molecule has 2 aromatic rings. The molecule has 4 nitrogen and oxygen atoms in total. The molecule has 0 aliphatic heterocycles. The predicted octanol–water partition coefficient (Wildman–Crippen LogP) is 2.58. The number of amides is 1. The summed E-state index contributed by atoms with van der Waals surface area (Å²) in [7, 11) is 0. The fourth-order valence-electron chi connectivity index (χ4n) is 1.27. The molecule has 5 heteroatoms. The average Bonchev–Trinajstić information content (AvgIpc) is 2.65. The molecule has 1 amide bonds. The number of hydrogen-bond donors (Lipinski definition) is 2. The molecule has 2 N–H and O–H groups in total. The van der Waals surface area contributed by atoms with E-state index in [-0.39, 0.29) is 5.91 Å². The Labute approximate surface area is 107 Å². The van der Waals surface area contributed by atoms with Gasteiger partial charge < -0.3 is 5.32 Å². The van der Waals surface area contributed by atoms with Gasteiger partial charge in [-0.15, -0.1) is 0 Å². The number of aromatic amines is 1. The molecule has 0 aliphatic rings. The summed E-state index contributed by atoms with van der Waals surface area (Å²) in [4.78, 5) is 11.8. The molecule has 0 saturated heterocycles. The van der Waals surface area contributed by atoms with Crippen LogP contribution in [0.15, 0.2) is 30.3 Å². The molecule has 0 unspecified atom stereocenters. The van der Waals surface area contributed by atoms with Gasteiger partial charge in [-0.25, -0.2) is 0 Å². The maximum absolute atomic E-state index is 11.8. The maximum Gasteiger partial charge on any atom is 0.256 e. The van der Waals surface area contributed by atoms with Gasteiger partial charge in [-0.3, -0.25) is 9.89 Å². The van der Waals surface area contributed by atoms with Crippen molar-refractivity contribution in [2.45, 2.75) is 6.92 Å². The molecular formula is C11H10IN3O. The average molecular weight is 327 g/mol. The lowest BCUT2D eigenvalue weighted by Gasteiger charge is -2.01. The highest BCUT2D eigenvalue weighted by molar-refractivity contribution is 14.1. The van der Waals surface area contributed by atoms with Crippen LogP contribution in [0.25, 0.3) is 0 Å². The molecule has 0 radical (unpaired) electrons. The zero-order chi connectivity index (χ0) is 11.5. The minimum Gasteiger partial charge on any atom is -0.305 e. The predicted molar refractivity (Wildman–Crippen MR) is 70.4 cm³/mol. The van der Waals surface area contributed by atoms with Crippen molar-refractivity contribution in [3.8, 4) is 0 Å². The van der Waals surface area contributed by atoms with E-state index in [1.54, 1.807) is 18.2 Å². The van der Waals surface area contributed by atoms with Gasteiger partial charge in [-0.05, 0) is 53.8 Å². The Morgan fingerprint density at radius 1 is 1.38 bits per heavy atom. The Hall–Kier alpha value is -1.37. The van der Waals surface area contributed by atoms with E-state index in [2.05, 4.69) is 38.1 Å². The van der Waals surface area contributed by atoms with Gasteiger partial charge in [-0.2, -0.15) is 5.10 Å². The summed E-state index contributed by atoms with van der Waals surface area (Å²) in [5, 5.41) is 9.42. The summed E-state index contributed by atoms with van der Waals surface area (Å²) in [6.45, 7) is 1.88. The summed E-state index contributed by atoms with van der Waals surface area (Å²) < 4.78 is 1.10. The standard InChI is InChI=1S/C11H10IN3O/c1-7-6-10(15-14-7)13-11(16)8-2-4-9(12)5-3-8/h2-6H,1H3,(H2,13,14,15,16). The van der Waals surface area contributed by atoms with Crippen LogP contribution >= 0.6 is 22.6 Å². The van der Waals surface area contributed by atoms with Gasteiger partial charge in [-0.1, -0.05) is 0 Å². The van der Waals surface area contributed by atoms with Gasteiger partial charge in [0.1, 0.15) is 0 Å². The molecular weight excluding hydrogens is 317 g/mol. The quantitative estimate of drug-likeness (QED) is 0.833. The van der Waals surface area contributed by atoms with Gasteiger partial charge in [0.05, 0.1) is 0 Å². The summed E-state index contributed by atoms with van der Waals surface area (Å²) >= 11 is 2.20. The largest absolute Gasteiger partial charge is 0.305 e. The van der Waals surface area contributed by atoms with E-state index in [9.17, 15) is 4.79 Å². The van der Waals surface area contributed by atoms with Gasteiger partial charge in [0.15, 0.2) is 5.82 Å². The van der Waals surface area contributed by atoms with Gasteiger partial charge in [0.2, 0.25) is 0 Å². The second kappa shape index (κ2) is 4.65. The molecule has 1 aromatic heterocycles. The van der Waals surface area contributed by atoms with Gasteiger partial charge >= 0.3 is 0 Å². The number of carbonyl (C=O) groups is 1. The van der Waals surface area contributed by atoms with Crippen LogP contribution in [-0.4, -0.2) is 16.1 Å². The number of anilines is 1. The SMILES string of the molecule is Cc1cc(NC(=O)c2ccc(I)cc2)n[nH]1. The monoisotopic (exact) mass is 327 g/mol. The third kappa shape index (κ3) is 2.60. The molecule has 1 heterocycles. The van der Waals surface area contributed by atoms with E-state index < -0.39 is 0 Å². The van der Waals surface area contributed by atoms with Crippen LogP contribution in [0.3, 0.4) is 0 Å². The number of halogens is 1. The lowest BCUT2D eigenvalue weighted by Crippen LogP contribution is -2.11. The molecule has 0 aliphatic carbocycles. The van der Waals surface area contributed by atoms with Crippen LogP contribution in [0.4, 0.5) is 5.82 Å². The Balaban J connectivity index is 2.11. The topological polar surface area (TPSA) is 57.8 Å². The third-order valence-electron chi connectivity index (χ3n) is 2.05. The van der Waals surface area contributed by atoms with E-state index in [1.807, 2.05) is 19.1 Å². The Morgan fingerprint density at radius 3 is 2.62 bits per heavy atom. The summed E-state index contributed by atoms with van der Waals surface area (Å²) in [6, 6.07) is 9.15. The Kier molecular flexibility index (Phi) is 3.23. The highest BCUT2D eigenvalue weighted by Gasteiger charge is 2.07. The second-order valence-electron chi connectivity index (χ2n) is 3.40. The number of benzene rings is 1. The van der Waals surface area contributed by atoms with E-state index in [0.717, 1.165) is 9.26 Å². The maximum atomic E-state index is 11.8. The van der Waals surface area contributed by atoms with E-state index >= 15 is 0 Å². The van der Waals surface area contributed by atoms with Crippen LogP contribution < -0.4 is 5.32 Å². The zero-order valence-corrected chi connectivity index (χ0v) is 10.8. The van der Waals surface area contributed by atoms with Crippen LogP contribution in [0.5, 0.6) is 0 Å². The first kappa shape index (κ1) is 11.1. The number of carbonyl (C=O) groups excluding carboxylic acids is 1. The van der Waals surface area contributed by atoms with Crippen LogP contribution in [0.2, 0.25) is 0 Å². The summed E-state index contributed by atoms with van der Waals surface area (Å²) in [6.07, 6.45) is 0. The lowest BCUT2D eigenvalue weighted by atomic mass is 10.2. The van der Waals surface area contributed by atoms with Crippen molar-refractivity contribution in [1.29, 1.82) is 0 Å². The molecule has 0 fully saturated rings. The highest BCUT2D eigenvalue weighted by atomic mass is 127. The van der Waals surface area contributed by atoms with Crippen molar-refractivity contribution < 1.29 is 4.79 Å². The number of rotatable bonds is 2. The van der Waals surface area contributed by atoms with Crippen LogP contribution in [0, 0.1) is 10.5 Å². The van der Waals surface area contributed by atoms with Crippen molar-refractivity contribution in [2.24, 2.45) is 0 Å². The van der Waals surface area contributed by atoms with E-state index in [0.29, 0.717) is 11.4 Å². The molecule has 0 bridgehead atoms. The highest BCUT2D eigenvalue weighted by Crippen LogP contribution is 2.10. The third-order valence-corrected chi connectivity index (χ3v) is 2.77. The fraction of sp³-hybridized carbons (Fsp3) is 0.0909. The molecule has 2 rings (SSSR count). The van der Waals surface area contributed by atoms with Gasteiger partial charge in [0, 0.05) is 20.9 Å². The molecule has 0 atom stereocenters. The normalized spacial score (nSPS) is 10.1. The van der Waals surface area contributed by atoms with E-state index in [1.165, 1.54) is 0 Å². The minimum absolute atomic E-state index is 0.150. The fourth-order valence-corrected chi connectivity index (χ4v) is 1.63. The van der Waals surface area contributed by atoms with Crippen LogP contribution in [-0.2, 0) is 0 Å². The number of aryl methyl sites for hydroxylation is 1. The first-order chi connectivity index (χ1) is 7.65. The number of nitrogens with zero attached hydrogens (tertiary/aromatic N) is 1. The van der Waals surface area contributed by atoms with Crippen LogP contribution in [0.1, 0.15) is 16.1 Å². The minimum atomic E-state index is -0.150. The van der Waals surface area contributed by atoms with Crippen molar-refractivity contribution in [2.75, 3.05) is 5.32 Å². The van der Waals surface area contributed by atoms with Crippen molar-refractivity contribution in [3.05, 3.63) is 45.2 Å². The number of aromatic nitrogens is 2. The van der Waals surface area contributed by atoms with Crippen molar-refractivity contribution in [3.63, 3.8) is 0 Å². The zero-order valence-electron chi connectivity index (χ0n) is 8.62. The molecule has 0 spiro atoms. The second-order valence-corrected chi connectivity index (χ2v) is 4.64. The molecule has 16 heavy (non-hydrogen) atoms. The summed E-state index contributed by atoms with van der Waals surface area (Å²) in [5.74, 6) is 0.393. The molecule has 1 aromatic carbocycles. The smallest absolute Gasteiger partial charge is 0.256 e. The molecule has 0 saturated carbocycles. The number of H-pyrrole nitrogens is 1. The Morgan fingerprint density at radius 2 is 2.06 bits per heavy atom. The number of nitrogens with one attached hydrogen (secondary N) is 2. The van der Waals surface area contributed by atoms with Crippen molar-refractivity contribution >= 4 is 34.3 Å².